The number of aromatic nitrogens is 15. The van der Waals surface area contributed by atoms with Gasteiger partial charge in [-0.3, -0.25) is 24.9 Å². The minimum absolute atomic E-state index is 0.134. The summed E-state index contributed by atoms with van der Waals surface area (Å²) in [5.74, 6) is 2.75. The Bertz CT molecular complexity index is 4880. The molecule has 0 unspecified atom stereocenters. The molecule has 0 bridgehead atoms. The summed E-state index contributed by atoms with van der Waals surface area (Å²) in [6, 6.07) is 31.0. The SMILES string of the molecule is Clc1ccc(-c2nnc(OC[C@H]3CCCO3)c3ccncc23)cc1.Clc1ccc(-c2nnc(OC[C@H]3CCCO3)c3cnccc23)cc1.Clc1nnc(Cl)c2cnccc12.Clc1nnc(NC[C@H]2CCCO2)c2cnccc12.Clc1nnc(OC[C@H]2CCCO2)c2ccncc12.OC[C@H]1CCCO1.O[B]Oc1ccc(Cl)cc1. The number of nitrogens with one attached hydrogen (secondary N) is 1. The van der Waals surface area contributed by atoms with Crippen LogP contribution in [0.4, 0.5) is 5.82 Å². The van der Waals surface area contributed by atoms with Crippen LogP contribution in [0.2, 0.25) is 35.7 Å². The number of pyridine rings is 5. The van der Waals surface area contributed by atoms with Crippen LogP contribution in [0, 0.1) is 0 Å². The average Bonchev–Trinajstić information content (AvgIpc) is 1.81. The first-order valence-corrected chi connectivity index (χ1v) is 38.9. The molecule has 15 heterocycles. The van der Waals surface area contributed by atoms with Gasteiger partial charge >= 0.3 is 7.69 Å². The predicted molar refractivity (Wildman–Crippen MR) is 435 cm³/mol. The van der Waals surface area contributed by atoms with Gasteiger partial charge in [0.05, 0.1) is 53.3 Å². The summed E-state index contributed by atoms with van der Waals surface area (Å²) in [6.45, 7) is 6.51. The second kappa shape index (κ2) is 43.4. The second-order valence-corrected chi connectivity index (χ2v) is 28.3. The van der Waals surface area contributed by atoms with E-state index in [0.29, 0.717) is 92.4 Å². The van der Waals surface area contributed by atoms with Crippen molar-refractivity contribution in [1.82, 2.24) is 75.9 Å². The van der Waals surface area contributed by atoms with Gasteiger partial charge < -0.3 is 58.0 Å². The molecule has 0 saturated carbocycles. The lowest BCUT2D eigenvalue weighted by Gasteiger charge is -2.13. The van der Waals surface area contributed by atoms with Crippen LogP contribution in [0.1, 0.15) is 64.2 Å². The van der Waals surface area contributed by atoms with Crippen molar-refractivity contribution < 1.29 is 52.7 Å². The maximum absolute atomic E-state index is 8.44. The number of benzene rings is 3. The number of aliphatic hydroxyl groups is 1. The molecule has 10 aromatic heterocycles. The summed E-state index contributed by atoms with van der Waals surface area (Å²) >= 11 is 41.0. The van der Waals surface area contributed by atoms with E-state index < -0.39 is 0 Å². The smallest absolute Gasteiger partial charge is 0.537 e. The molecule has 13 aromatic rings. The number of hydrogen-bond donors (Lipinski definition) is 3. The maximum atomic E-state index is 8.44. The van der Waals surface area contributed by atoms with Crippen molar-refractivity contribution in [1.29, 1.82) is 0 Å². The van der Waals surface area contributed by atoms with Gasteiger partial charge in [0.15, 0.2) is 26.4 Å². The number of rotatable bonds is 17. The minimum atomic E-state index is 0.134. The summed E-state index contributed by atoms with van der Waals surface area (Å²) in [5.41, 5.74) is 3.44. The monoisotopic (exact) mass is 1670 g/mol. The Morgan fingerprint density at radius 1 is 0.354 bits per heavy atom. The van der Waals surface area contributed by atoms with Crippen LogP contribution in [0.3, 0.4) is 0 Å². The van der Waals surface area contributed by atoms with E-state index in [9.17, 15) is 0 Å². The van der Waals surface area contributed by atoms with Crippen molar-refractivity contribution >= 4 is 149 Å². The summed E-state index contributed by atoms with van der Waals surface area (Å²) in [4.78, 5) is 20.4. The molecule has 27 nitrogen and oxygen atoms in total. The lowest BCUT2D eigenvalue weighted by molar-refractivity contribution is 0.0591. The highest BCUT2D eigenvalue weighted by Crippen LogP contribution is 2.35. The largest absolute Gasteiger partial charge is 0.569 e. The van der Waals surface area contributed by atoms with Crippen molar-refractivity contribution in [3.63, 3.8) is 0 Å². The molecule has 3 aromatic carbocycles. The molecule has 1 radical (unpaired) electrons. The molecule has 3 N–H and O–H groups in total. The van der Waals surface area contributed by atoms with Crippen LogP contribution in [-0.4, -0.2) is 190 Å². The number of hydrogen-bond acceptors (Lipinski definition) is 27. The third-order valence-electron chi connectivity index (χ3n) is 17.9. The molecule has 585 valence electrons. The van der Waals surface area contributed by atoms with E-state index in [1.807, 2.05) is 72.8 Å². The zero-order valence-corrected chi connectivity index (χ0v) is 65.9. The molecule has 0 spiro atoms. The predicted octanol–water partition coefficient (Wildman–Crippen LogP) is 16.0. The molecular weight excluding hydrogens is 1600 g/mol. The van der Waals surface area contributed by atoms with Crippen molar-refractivity contribution in [3.8, 4) is 45.9 Å². The lowest BCUT2D eigenvalue weighted by Crippen LogP contribution is -2.19. The van der Waals surface area contributed by atoms with Crippen LogP contribution < -0.4 is 24.2 Å². The Kier molecular flexibility index (Phi) is 32.0. The van der Waals surface area contributed by atoms with Crippen LogP contribution in [0.25, 0.3) is 76.4 Å². The first kappa shape index (κ1) is 83.4. The van der Waals surface area contributed by atoms with Gasteiger partial charge in [0.2, 0.25) is 17.6 Å². The first-order chi connectivity index (χ1) is 55.4. The van der Waals surface area contributed by atoms with Crippen LogP contribution >= 0.6 is 81.2 Å². The van der Waals surface area contributed by atoms with Gasteiger partial charge in [-0.25, -0.2) is 0 Å². The van der Waals surface area contributed by atoms with Crippen molar-refractivity contribution in [2.75, 3.05) is 71.3 Å². The topological polar surface area (TPSA) is 329 Å². The fourth-order valence-corrected chi connectivity index (χ4v) is 13.3. The summed E-state index contributed by atoms with van der Waals surface area (Å²) in [5, 5.41) is 72.1. The van der Waals surface area contributed by atoms with Gasteiger partial charge in [-0.15, -0.1) is 51.0 Å². The third-order valence-corrected chi connectivity index (χ3v) is 19.8. The molecule has 5 aliphatic rings. The van der Waals surface area contributed by atoms with Gasteiger partial charge in [-0.2, -0.15) is 0 Å². The van der Waals surface area contributed by atoms with E-state index in [4.69, 9.17) is 129 Å². The number of ether oxygens (including phenoxy) is 8. The van der Waals surface area contributed by atoms with Crippen molar-refractivity contribution in [2.24, 2.45) is 0 Å². The van der Waals surface area contributed by atoms with Gasteiger partial charge in [0.25, 0.3) is 0 Å². The molecule has 5 atom stereocenters. The lowest BCUT2D eigenvalue weighted by atomic mass is 10.1. The number of nitrogens with zero attached hydrogens (tertiary/aromatic N) is 15. The van der Waals surface area contributed by atoms with Crippen LogP contribution in [-0.2, 0) is 23.7 Å². The molecule has 5 fully saturated rings. The maximum Gasteiger partial charge on any atom is 0.569 e. The van der Waals surface area contributed by atoms with E-state index in [2.05, 4.69) is 85.9 Å². The standard InChI is InChI=1S/2C18H16ClN3O2.C12H13ClN4O.C12H12ClN3O2.C7H3Cl2N3.C6H5BClO2.C5H10O2/c19-13-5-3-12(4-6-13)17-16-10-20-8-7-15(16)18(22-21-17)24-11-14-2-1-9-23-14;19-13-5-3-12(4-6-13)17-15-7-8-20-10-16(15)18(22-21-17)24-11-14-2-1-9-23-14;13-11-9-3-4-14-7-10(9)12(17-16-11)15-6-8-2-1-5-18-8;13-11-10-6-14-4-3-9(10)12(16-15-11)18-7-8-2-1-5-17-8;8-6-4-1-2-10-3-5(4)7(9)12-11-6;8-5-1-3-6(4-2-5)10-7-9;6-4-5-2-1-3-7-5/h2*3-8,10,14H,1-2,9,11H2;3-4,7-8H,1-2,5-6H2,(H,15,17);3-4,6,8H,1-2,5,7H2;1-3H;1-4,9H;5-6H,1-4H2/t2*14-;2*8-;;;5-/m1111..1/s1. The molecule has 5 saturated heterocycles. The summed E-state index contributed by atoms with van der Waals surface area (Å²) < 4.78 is 49.3. The summed E-state index contributed by atoms with van der Waals surface area (Å²) in [6.07, 6.45) is 28.6. The zero-order valence-electron chi connectivity index (χ0n) is 60.6. The molecule has 5 aliphatic heterocycles. The first-order valence-electron chi connectivity index (χ1n) is 36.2. The van der Waals surface area contributed by atoms with Crippen LogP contribution in [0.15, 0.2) is 165 Å². The van der Waals surface area contributed by atoms with E-state index in [-0.39, 0.29) is 37.1 Å². The summed E-state index contributed by atoms with van der Waals surface area (Å²) in [7, 11) is 0.628. The van der Waals surface area contributed by atoms with E-state index in [0.717, 1.165) is 180 Å². The number of fused-ring (bicyclic) bond motifs is 5. The van der Waals surface area contributed by atoms with Crippen LogP contribution in [0.5, 0.6) is 23.4 Å². The average molecular weight is 1670 g/mol. The highest BCUT2D eigenvalue weighted by Gasteiger charge is 2.23. The quantitative estimate of drug-likeness (QED) is 0.0713. The Morgan fingerprint density at radius 3 is 1.14 bits per heavy atom. The van der Waals surface area contributed by atoms with Gasteiger partial charge in [-0.1, -0.05) is 105 Å². The molecule has 18 rings (SSSR count). The fourth-order valence-electron chi connectivity index (χ4n) is 12.1. The molecule has 113 heavy (non-hydrogen) atoms. The van der Waals surface area contributed by atoms with Gasteiger partial charge in [0.1, 0.15) is 37.0 Å². The van der Waals surface area contributed by atoms with Crippen molar-refractivity contribution in [3.05, 3.63) is 201 Å². The Hall–Kier alpha value is -9.08. The third kappa shape index (κ3) is 24.0. The van der Waals surface area contributed by atoms with E-state index in [1.165, 1.54) is 0 Å². The number of anilines is 1. The molecule has 0 aliphatic carbocycles. The minimum Gasteiger partial charge on any atom is -0.537 e. The Labute approximate surface area is 685 Å². The van der Waals surface area contributed by atoms with E-state index in [1.54, 1.807) is 92.3 Å². The molecule has 0 amide bonds. The number of halogens is 7. The van der Waals surface area contributed by atoms with E-state index >= 15 is 0 Å². The van der Waals surface area contributed by atoms with Gasteiger partial charge in [0, 0.05) is 165 Å². The zero-order chi connectivity index (χ0) is 78.5. The highest BCUT2D eigenvalue weighted by molar-refractivity contribution is 6.38. The molecular formula is C78H75BCl7N16O11. The molecule has 35 heteroatoms. The normalized spacial score (nSPS) is 17.3. The highest BCUT2D eigenvalue weighted by atomic mass is 35.5. The van der Waals surface area contributed by atoms with Gasteiger partial charge in [-0.05, 0) is 143 Å². The second-order valence-electron chi connectivity index (χ2n) is 25.6. The fraction of sp³-hybridized carbons (Fsp3) is 0.321. The Balaban J connectivity index is 0.000000126. The van der Waals surface area contributed by atoms with Crippen molar-refractivity contribution in [2.45, 2.75) is 94.7 Å². The Morgan fingerprint density at radius 2 is 0.699 bits per heavy atom. The number of aliphatic hydroxyl groups excluding tert-OH is 1.